The predicted molar refractivity (Wildman–Crippen MR) is 33.5 cm³/mol. The molecule has 1 rings (SSSR count). The molecular formula is C6H10N2O. The third-order valence-corrected chi connectivity index (χ3v) is 1.31. The number of likely N-dealkylation sites (tertiary alicyclic amines) is 1. The molecule has 0 N–H and O–H groups in total. The van der Waals surface area contributed by atoms with Crippen LogP contribution >= 0.6 is 0 Å². The van der Waals surface area contributed by atoms with Crippen molar-refractivity contribution in [3.05, 3.63) is 0 Å². The maximum atomic E-state index is 10.5. The Morgan fingerprint density at radius 3 is 2.33 bits per heavy atom. The van der Waals surface area contributed by atoms with E-state index in [-0.39, 0.29) is 0 Å². The molecule has 1 fully saturated rings. The van der Waals surface area contributed by atoms with E-state index < -0.39 is 0 Å². The van der Waals surface area contributed by atoms with Crippen LogP contribution in [0.4, 0.5) is 0 Å². The standard InChI is InChI=1S/C5H9NO.CHN/c1-6-4-2-3-5(6)7;1-2/h2-4H2,1H3;1H. The highest BCUT2D eigenvalue weighted by molar-refractivity contribution is 5.77. The number of rotatable bonds is 0. The van der Waals surface area contributed by atoms with E-state index in [9.17, 15) is 4.79 Å². The molecule has 0 aromatic heterocycles. The van der Waals surface area contributed by atoms with Crippen molar-refractivity contribution in [1.29, 1.82) is 5.26 Å². The average molecular weight is 126 g/mol. The molecule has 50 valence electrons. The molecule has 0 aromatic rings. The maximum Gasteiger partial charge on any atom is 0.222 e. The molecule has 0 unspecified atom stereocenters. The number of hydrogen-bond donors (Lipinski definition) is 0. The van der Waals surface area contributed by atoms with Crippen LogP contribution in [0.5, 0.6) is 0 Å². The fourth-order valence-corrected chi connectivity index (χ4v) is 0.783. The molecule has 3 heteroatoms. The molecule has 0 atom stereocenters. The van der Waals surface area contributed by atoms with Crippen molar-refractivity contribution >= 4 is 5.91 Å². The first-order chi connectivity index (χ1) is 4.30. The van der Waals surface area contributed by atoms with Gasteiger partial charge in [0.25, 0.3) is 0 Å². The Kier molecular flexibility index (Phi) is 3.45. The van der Waals surface area contributed by atoms with Crippen molar-refractivity contribution in [2.24, 2.45) is 0 Å². The summed E-state index contributed by atoms with van der Waals surface area (Å²) >= 11 is 0. The van der Waals surface area contributed by atoms with E-state index in [2.05, 4.69) is 6.57 Å². The van der Waals surface area contributed by atoms with Gasteiger partial charge in [0.15, 0.2) is 0 Å². The van der Waals surface area contributed by atoms with Gasteiger partial charge in [-0.2, -0.15) is 0 Å². The molecule has 0 aliphatic carbocycles. The van der Waals surface area contributed by atoms with Crippen LogP contribution in [0.2, 0.25) is 0 Å². The number of amides is 1. The van der Waals surface area contributed by atoms with E-state index in [0.29, 0.717) is 5.91 Å². The van der Waals surface area contributed by atoms with Crippen molar-refractivity contribution in [1.82, 2.24) is 4.90 Å². The number of nitriles is 1. The summed E-state index contributed by atoms with van der Waals surface area (Å²) in [6.45, 7) is 4.46. The van der Waals surface area contributed by atoms with Crippen molar-refractivity contribution in [2.75, 3.05) is 13.6 Å². The molecule has 1 aliphatic rings. The Morgan fingerprint density at radius 2 is 2.22 bits per heavy atom. The van der Waals surface area contributed by atoms with Gasteiger partial charge in [-0.05, 0) is 6.42 Å². The molecule has 0 aromatic carbocycles. The van der Waals surface area contributed by atoms with Gasteiger partial charge in [-0.25, -0.2) is 5.26 Å². The molecule has 0 saturated carbocycles. The Bertz CT molecular complexity index is 119. The second kappa shape index (κ2) is 3.90. The minimum absolute atomic E-state index is 0.292. The second-order valence-corrected chi connectivity index (χ2v) is 1.92. The first-order valence-corrected chi connectivity index (χ1v) is 2.80. The SMILES string of the molecule is C#N.CN1CCCC1=O. The van der Waals surface area contributed by atoms with Gasteiger partial charge in [0.1, 0.15) is 0 Å². The van der Waals surface area contributed by atoms with Crippen LogP contribution in [-0.4, -0.2) is 24.4 Å². The lowest BCUT2D eigenvalue weighted by molar-refractivity contribution is -0.126. The molecule has 9 heavy (non-hydrogen) atoms. The minimum atomic E-state index is 0.292. The number of hydrogen-bond acceptors (Lipinski definition) is 2. The van der Waals surface area contributed by atoms with Gasteiger partial charge < -0.3 is 4.90 Å². The quantitative estimate of drug-likeness (QED) is 0.471. The predicted octanol–water partition coefficient (Wildman–Crippen LogP) is 0.378. The van der Waals surface area contributed by atoms with E-state index in [1.165, 1.54) is 0 Å². The van der Waals surface area contributed by atoms with Gasteiger partial charge in [-0.1, -0.05) is 0 Å². The molecule has 1 heterocycles. The topological polar surface area (TPSA) is 44.1 Å². The Labute approximate surface area is 54.9 Å². The summed E-state index contributed by atoms with van der Waals surface area (Å²) in [5.74, 6) is 0.292. The van der Waals surface area contributed by atoms with E-state index >= 15 is 0 Å². The van der Waals surface area contributed by atoms with Crippen molar-refractivity contribution in [3.8, 4) is 6.57 Å². The fourth-order valence-electron chi connectivity index (χ4n) is 0.783. The third kappa shape index (κ3) is 2.13. The Balaban J connectivity index is 0.000000291. The zero-order chi connectivity index (χ0) is 7.28. The lowest BCUT2D eigenvalue weighted by Gasteiger charge is -2.03. The van der Waals surface area contributed by atoms with Crippen molar-refractivity contribution < 1.29 is 4.79 Å². The second-order valence-electron chi connectivity index (χ2n) is 1.92. The molecule has 0 radical (unpaired) electrons. The summed E-state index contributed by atoms with van der Waals surface area (Å²) < 4.78 is 0. The van der Waals surface area contributed by atoms with Gasteiger partial charge in [0.2, 0.25) is 5.91 Å². The van der Waals surface area contributed by atoms with E-state index in [1.807, 2.05) is 7.05 Å². The third-order valence-electron chi connectivity index (χ3n) is 1.31. The van der Waals surface area contributed by atoms with E-state index in [1.54, 1.807) is 4.90 Å². The highest BCUT2D eigenvalue weighted by atomic mass is 16.2. The minimum Gasteiger partial charge on any atom is -0.346 e. The first kappa shape index (κ1) is 7.96. The summed E-state index contributed by atoms with van der Waals surface area (Å²) in [6, 6.07) is 0. The zero-order valence-corrected chi connectivity index (χ0v) is 5.50. The molecule has 1 saturated heterocycles. The van der Waals surface area contributed by atoms with Crippen LogP contribution in [0.25, 0.3) is 0 Å². The lowest BCUT2D eigenvalue weighted by atomic mass is 10.4. The molecule has 1 amide bonds. The van der Waals surface area contributed by atoms with Crippen molar-refractivity contribution in [3.63, 3.8) is 0 Å². The zero-order valence-electron chi connectivity index (χ0n) is 5.50. The van der Waals surface area contributed by atoms with E-state index in [0.717, 1.165) is 19.4 Å². The normalized spacial score (nSPS) is 16.8. The highest BCUT2D eigenvalue weighted by Crippen LogP contribution is 2.04. The van der Waals surface area contributed by atoms with Crippen molar-refractivity contribution in [2.45, 2.75) is 12.8 Å². The van der Waals surface area contributed by atoms with Crippen LogP contribution in [0.3, 0.4) is 0 Å². The number of carbonyl (C=O) groups is 1. The lowest BCUT2D eigenvalue weighted by Crippen LogP contribution is -2.17. The smallest absolute Gasteiger partial charge is 0.222 e. The van der Waals surface area contributed by atoms with Gasteiger partial charge in [-0.3, -0.25) is 4.79 Å². The Morgan fingerprint density at radius 1 is 1.67 bits per heavy atom. The first-order valence-electron chi connectivity index (χ1n) is 2.80. The van der Waals surface area contributed by atoms with Crippen LogP contribution in [0, 0.1) is 11.8 Å². The molecule has 1 aliphatic heterocycles. The summed E-state index contributed by atoms with van der Waals surface area (Å²) in [4.78, 5) is 12.3. The average Bonchev–Trinajstić information content (AvgIpc) is 2.23. The Hall–Kier alpha value is -1.04. The largest absolute Gasteiger partial charge is 0.346 e. The van der Waals surface area contributed by atoms with Gasteiger partial charge in [0.05, 0.1) is 0 Å². The number of carbonyl (C=O) groups excluding carboxylic acids is 1. The molecular weight excluding hydrogens is 116 g/mol. The summed E-state index contributed by atoms with van der Waals surface area (Å²) in [7, 11) is 1.84. The van der Waals surface area contributed by atoms with Gasteiger partial charge in [0, 0.05) is 26.6 Å². The molecule has 0 spiro atoms. The highest BCUT2D eigenvalue weighted by Gasteiger charge is 2.14. The molecule has 0 bridgehead atoms. The summed E-state index contributed by atoms with van der Waals surface area (Å²) in [6.07, 6.45) is 1.81. The summed E-state index contributed by atoms with van der Waals surface area (Å²) in [5.41, 5.74) is 0. The van der Waals surface area contributed by atoms with Crippen LogP contribution in [0.15, 0.2) is 0 Å². The van der Waals surface area contributed by atoms with E-state index in [4.69, 9.17) is 5.26 Å². The number of nitrogens with zero attached hydrogens (tertiary/aromatic N) is 2. The van der Waals surface area contributed by atoms with Gasteiger partial charge in [-0.15, -0.1) is 0 Å². The van der Waals surface area contributed by atoms with Crippen LogP contribution in [0.1, 0.15) is 12.8 Å². The maximum absolute atomic E-state index is 10.5. The van der Waals surface area contributed by atoms with Crippen LogP contribution < -0.4 is 0 Å². The fraction of sp³-hybridized carbons (Fsp3) is 0.667. The van der Waals surface area contributed by atoms with Gasteiger partial charge >= 0.3 is 0 Å². The molecule has 3 nitrogen and oxygen atoms in total. The van der Waals surface area contributed by atoms with Crippen LogP contribution in [-0.2, 0) is 4.79 Å². The monoisotopic (exact) mass is 126 g/mol. The summed E-state index contributed by atoms with van der Waals surface area (Å²) in [5, 5.41) is 6.50.